The van der Waals surface area contributed by atoms with E-state index < -0.39 is 28.4 Å². The molecule has 34 heavy (non-hydrogen) atoms. The maximum Gasteiger partial charge on any atom is 0.300 e. The zero-order chi connectivity index (χ0) is 24.6. The van der Waals surface area contributed by atoms with Crippen LogP contribution in [0.2, 0.25) is 0 Å². The molecular formula is C26H22N2O6. The average Bonchev–Trinajstić information content (AvgIpc) is 3.10. The molecule has 1 amide bonds. The molecular weight excluding hydrogens is 436 g/mol. The van der Waals surface area contributed by atoms with Crippen molar-refractivity contribution >= 4 is 28.8 Å². The van der Waals surface area contributed by atoms with Gasteiger partial charge in [-0.2, -0.15) is 0 Å². The molecule has 0 saturated carbocycles. The van der Waals surface area contributed by atoms with Gasteiger partial charge in [-0.05, 0) is 43.2 Å². The highest BCUT2D eigenvalue weighted by atomic mass is 16.6. The molecule has 3 aromatic carbocycles. The molecule has 0 radical (unpaired) electrons. The molecule has 1 saturated heterocycles. The van der Waals surface area contributed by atoms with Crippen LogP contribution in [0.4, 0.5) is 11.4 Å². The molecule has 1 aliphatic rings. The van der Waals surface area contributed by atoms with Gasteiger partial charge in [0.2, 0.25) is 0 Å². The number of methoxy groups -OCH3 is 1. The molecule has 8 nitrogen and oxygen atoms in total. The van der Waals surface area contributed by atoms with E-state index in [-0.39, 0.29) is 16.8 Å². The number of rotatable bonds is 5. The third-order valence-corrected chi connectivity index (χ3v) is 5.98. The van der Waals surface area contributed by atoms with E-state index in [1.165, 1.54) is 30.2 Å². The molecule has 1 atom stereocenters. The highest BCUT2D eigenvalue weighted by Gasteiger charge is 2.48. The van der Waals surface area contributed by atoms with Gasteiger partial charge in [-0.25, -0.2) is 0 Å². The van der Waals surface area contributed by atoms with Gasteiger partial charge in [0, 0.05) is 28.9 Å². The largest absolute Gasteiger partial charge is 0.507 e. The van der Waals surface area contributed by atoms with Gasteiger partial charge in [0.25, 0.3) is 17.4 Å². The number of aryl methyl sites for hydroxylation is 2. The molecule has 1 unspecified atom stereocenters. The summed E-state index contributed by atoms with van der Waals surface area (Å²) in [6.45, 7) is 3.84. The number of hydrogen-bond acceptors (Lipinski definition) is 6. The van der Waals surface area contributed by atoms with Crippen LogP contribution < -0.4 is 9.64 Å². The minimum atomic E-state index is -1.00. The third kappa shape index (κ3) is 3.79. The van der Waals surface area contributed by atoms with Crippen LogP contribution in [0.5, 0.6) is 5.75 Å². The number of aliphatic hydroxyl groups is 1. The second kappa shape index (κ2) is 8.82. The highest BCUT2D eigenvalue weighted by molar-refractivity contribution is 6.51. The zero-order valence-electron chi connectivity index (χ0n) is 18.8. The lowest BCUT2D eigenvalue weighted by Crippen LogP contribution is -2.29. The quantitative estimate of drug-likeness (QED) is 0.192. The van der Waals surface area contributed by atoms with Crippen LogP contribution in [-0.2, 0) is 9.59 Å². The fourth-order valence-electron chi connectivity index (χ4n) is 4.08. The number of para-hydroxylation sites is 1. The van der Waals surface area contributed by atoms with E-state index in [2.05, 4.69) is 0 Å². The van der Waals surface area contributed by atoms with Crippen molar-refractivity contribution in [1.29, 1.82) is 0 Å². The molecule has 1 N–H and O–H groups in total. The molecule has 1 fully saturated rings. The number of anilines is 1. The Kier molecular flexibility index (Phi) is 5.89. The SMILES string of the molecule is COc1ccccc1C1/C(=C(\O)c2cccc([N+](=O)[O-])c2)C(=O)C(=O)N1c1ccc(C)c(C)c1. The Morgan fingerprint density at radius 3 is 2.41 bits per heavy atom. The summed E-state index contributed by atoms with van der Waals surface area (Å²) in [7, 11) is 1.47. The van der Waals surface area contributed by atoms with Gasteiger partial charge in [-0.3, -0.25) is 24.6 Å². The van der Waals surface area contributed by atoms with Crippen LogP contribution in [0.15, 0.2) is 72.3 Å². The summed E-state index contributed by atoms with van der Waals surface area (Å²) in [6.07, 6.45) is 0. The summed E-state index contributed by atoms with van der Waals surface area (Å²) in [5.74, 6) is -1.78. The zero-order valence-corrected chi connectivity index (χ0v) is 18.8. The van der Waals surface area contributed by atoms with E-state index >= 15 is 0 Å². The first kappa shape index (κ1) is 22.7. The number of aliphatic hydroxyl groups excluding tert-OH is 1. The monoisotopic (exact) mass is 458 g/mol. The van der Waals surface area contributed by atoms with Crippen molar-refractivity contribution in [2.75, 3.05) is 12.0 Å². The van der Waals surface area contributed by atoms with Crippen molar-refractivity contribution in [3.63, 3.8) is 0 Å². The van der Waals surface area contributed by atoms with Crippen LogP contribution in [0.25, 0.3) is 5.76 Å². The molecule has 0 bridgehead atoms. The number of amides is 1. The number of ether oxygens (including phenoxy) is 1. The molecule has 1 heterocycles. The average molecular weight is 458 g/mol. The van der Waals surface area contributed by atoms with Gasteiger partial charge in [-0.15, -0.1) is 0 Å². The maximum absolute atomic E-state index is 13.3. The lowest BCUT2D eigenvalue weighted by molar-refractivity contribution is -0.384. The van der Waals surface area contributed by atoms with E-state index in [0.717, 1.165) is 17.2 Å². The summed E-state index contributed by atoms with van der Waals surface area (Å²) in [5, 5.41) is 22.4. The number of nitro benzene ring substituents is 1. The standard InChI is InChI=1S/C26H22N2O6/c1-15-11-12-18(13-16(15)2)27-23(20-9-4-5-10-21(20)34-3)22(25(30)26(27)31)24(29)17-7-6-8-19(14-17)28(32)33/h4-14,23,29H,1-3H3/b24-22+. The van der Waals surface area contributed by atoms with E-state index in [0.29, 0.717) is 17.0 Å². The minimum absolute atomic E-state index is 0.0622. The second-order valence-electron chi connectivity index (χ2n) is 7.99. The van der Waals surface area contributed by atoms with Gasteiger partial charge in [-0.1, -0.05) is 36.4 Å². The Labute approximate surface area is 195 Å². The lowest BCUT2D eigenvalue weighted by Gasteiger charge is -2.27. The summed E-state index contributed by atoms with van der Waals surface area (Å²) in [5.41, 5.74) is 2.57. The van der Waals surface area contributed by atoms with Crippen molar-refractivity contribution in [3.8, 4) is 5.75 Å². The van der Waals surface area contributed by atoms with Crippen molar-refractivity contribution in [2.45, 2.75) is 19.9 Å². The number of non-ortho nitro benzene ring substituents is 1. The highest BCUT2D eigenvalue weighted by Crippen LogP contribution is 2.45. The first-order valence-electron chi connectivity index (χ1n) is 10.5. The number of ketones is 1. The van der Waals surface area contributed by atoms with E-state index in [9.17, 15) is 24.8 Å². The normalized spacial score (nSPS) is 17.1. The van der Waals surface area contributed by atoms with Gasteiger partial charge in [0.1, 0.15) is 11.5 Å². The molecule has 172 valence electrons. The molecule has 0 aromatic heterocycles. The van der Waals surface area contributed by atoms with Crippen LogP contribution in [0.1, 0.15) is 28.3 Å². The van der Waals surface area contributed by atoms with Crippen LogP contribution >= 0.6 is 0 Å². The van der Waals surface area contributed by atoms with Crippen molar-refractivity contribution in [2.24, 2.45) is 0 Å². The predicted molar refractivity (Wildman–Crippen MR) is 127 cm³/mol. The molecule has 0 spiro atoms. The topological polar surface area (TPSA) is 110 Å². The Bertz CT molecular complexity index is 1360. The second-order valence-corrected chi connectivity index (χ2v) is 7.99. The van der Waals surface area contributed by atoms with E-state index in [1.54, 1.807) is 36.4 Å². The smallest absolute Gasteiger partial charge is 0.300 e. The van der Waals surface area contributed by atoms with Crippen LogP contribution in [-0.4, -0.2) is 28.8 Å². The number of carbonyl (C=O) groups excluding carboxylic acids is 2. The number of benzene rings is 3. The summed E-state index contributed by atoms with van der Waals surface area (Å²) in [6, 6.07) is 16.6. The van der Waals surface area contributed by atoms with Crippen LogP contribution in [0, 0.1) is 24.0 Å². The number of hydrogen-bond donors (Lipinski definition) is 1. The van der Waals surface area contributed by atoms with Gasteiger partial charge in [0.15, 0.2) is 0 Å². The minimum Gasteiger partial charge on any atom is -0.507 e. The Morgan fingerprint density at radius 1 is 1.00 bits per heavy atom. The van der Waals surface area contributed by atoms with E-state index in [1.807, 2.05) is 19.9 Å². The Hall–Kier alpha value is -4.46. The fourth-order valence-corrected chi connectivity index (χ4v) is 4.08. The lowest BCUT2D eigenvalue weighted by atomic mass is 9.94. The molecule has 1 aliphatic heterocycles. The first-order chi connectivity index (χ1) is 16.2. The Morgan fingerprint density at radius 2 is 1.74 bits per heavy atom. The van der Waals surface area contributed by atoms with Crippen LogP contribution in [0.3, 0.4) is 0 Å². The van der Waals surface area contributed by atoms with Gasteiger partial charge < -0.3 is 9.84 Å². The summed E-state index contributed by atoms with van der Waals surface area (Å²) >= 11 is 0. The number of nitro groups is 1. The molecule has 3 aromatic rings. The molecule has 0 aliphatic carbocycles. The predicted octanol–water partition coefficient (Wildman–Crippen LogP) is 4.85. The van der Waals surface area contributed by atoms with Crippen molar-refractivity contribution in [1.82, 2.24) is 0 Å². The molecule has 8 heteroatoms. The Balaban J connectivity index is 2.00. The maximum atomic E-state index is 13.3. The fraction of sp³-hybridized carbons (Fsp3) is 0.154. The van der Waals surface area contributed by atoms with Crippen molar-refractivity contribution < 1.29 is 24.4 Å². The number of carbonyl (C=O) groups is 2. The summed E-state index contributed by atoms with van der Waals surface area (Å²) < 4.78 is 5.50. The van der Waals surface area contributed by atoms with Crippen molar-refractivity contribution in [3.05, 3.63) is 105 Å². The van der Waals surface area contributed by atoms with Gasteiger partial charge in [0.05, 0.1) is 23.6 Å². The van der Waals surface area contributed by atoms with Gasteiger partial charge >= 0.3 is 0 Å². The number of nitrogens with zero attached hydrogens (tertiary/aromatic N) is 2. The van der Waals surface area contributed by atoms with E-state index in [4.69, 9.17) is 4.74 Å². The summed E-state index contributed by atoms with van der Waals surface area (Å²) in [4.78, 5) is 38.5. The molecule has 4 rings (SSSR count). The first-order valence-corrected chi connectivity index (χ1v) is 10.5. The third-order valence-electron chi connectivity index (χ3n) is 5.98. The number of Topliss-reactive ketones (excluding diaryl/α,β-unsaturated/α-hetero) is 1.